The third kappa shape index (κ3) is 16.9. The minimum Gasteiger partial charge on any atom is -0.507 e. The van der Waals surface area contributed by atoms with Crippen molar-refractivity contribution >= 4 is 92.2 Å². The fourth-order valence-corrected chi connectivity index (χ4v) is 13.4. The summed E-state index contributed by atoms with van der Waals surface area (Å²) in [5, 5.41) is 45.8. The molecule has 9 atom stereocenters. The first-order chi connectivity index (χ1) is 47.9. The number of ether oxygens (including phenoxy) is 5. The quantitative estimate of drug-likeness (QED) is 0.0142. The van der Waals surface area contributed by atoms with Crippen LogP contribution in [-0.4, -0.2) is 160 Å². The number of piperidine rings is 1. The SMILES string of the molecule is CO[C@H]1/C=C/O[C@@]2(C)Oc3c(C)c(O)c4c(=O)c(c5oc6cc(N7CCC(N(C)C(=O)OCc8ccc(NC(=O)CNC(=O)C(NC(=O)CCCCCN9C(=O)C=CC9=O)C(C)C)cc8)CC7)cc(O)c6nc-5c4c3C2=O)NC(=O)/C(C)=C\C=C\[C@H](C)C[C@@H](C)[C@@H](O)[C@@H](C)[C@H](OC(C)=O)[C@@H]1C. The molecule has 0 spiro atoms. The second kappa shape index (κ2) is 32.0. The van der Waals surface area contributed by atoms with Crippen molar-refractivity contribution in [1.29, 1.82) is 0 Å². The van der Waals surface area contributed by atoms with Gasteiger partial charge < -0.3 is 74.5 Å². The van der Waals surface area contributed by atoms with Crippen LogP contribution in [0, 0.1) is 36.5 Å². The Morgan fingerprint density at radius 3 is 2.26 bits per heavy atom. The van der Waals surface area contributed by atoms with Crippen molar-refractivity contribution < 1.29 is 86.6 Å². The highest BCUT2D eigenvalue weighted by Gasteiger charge is 2.50. The molecular formula is C74H90N8O19. The highest BCUT2D eigenvalue weighted by molar-refractivity contribution is 6.22. The lowest BCUT2D eigenvalue weighted by Crippen LogP contribution is -2.51. The van der Waals surface area contributed by atoms with E-state index in [1.54, 1.807) is 77.2 Å². The number of carbonyl (C=O) groups excluding carboxylic acids is 9. The minimum absolute atomic E-state index is 0.00748. The van der Waals surface area contributed by atoms with Crippen LogP contribution in [0.25, 0.3) is 33.3 Å². The molecule has 540 valence electrons. The van der Waals surface area contributed by atoms with Gasteiger partial charge in [-0.1, -0.05) is 78.3 Å². The molecule has 3 aromatic carbocycles. The number of methoxy groups -OCH3 is 1. The number of aromatic nitrogens is 1. The number of fused-ring (bicyclic) bond motifs is 2. The van der Waals surface area contributed by atoms with E-state index in [0.717, 1.165) is 4.90 Å². The zero-order valence-corrected chi connectivity index (χ0v) is 58.9. The van der Waals surface area contributed by atoms with E-state index >= 15 is 9.59 Å². The van der Waals surface area contributed by atoms with Gasteiger partial charge in [0.15, 0.2) is 11.3 Å². The van der Waals surface area contributed by atoms with Crippen molar-refractivity contribution in [2.24, 2.45) is 29.6 Å². The van der Waals surface area contributed by atoms with Crippen LogP contribution >= 0.6 is 0 Å². The van der Waals surface area contributed by atoms with Crippen molar-refractivity contribution in [3.8, 4) is 28.7 Å². The van der Waals surface area contributed by atoms with E-state index in [2.05, 4.69) is 21.3 Å². The zero-order chi connectivity index (χ0) is 73.5. The summed E-state index contributed by atoms with van der Waals surface area (Å²) in [6, 6.07) is 8.55. The number of esters is 1. The molecule has 1 saturated heterocycles. The summed E-state index contributed by atoms with van der Waals surface area (Å²) < 4.78 is 36.4. The Labute approximate surface area is 584 Å². The first-order valence-electron chi connectivity index (χ1n) is 34.0. The normalized spacial score (nSPS) is 23.7. The van der Waals surface area contributed by atoms with Crippen LogP contribution in [-0.2, 0) is 59.1 Å². The Balaban J connectivity index is 0.873. The number of unbranched alkanes of at least 4 members (excludes halogenated alkanes) is 2. The number of aliphatic hydroxyl groups excluding tert-OH is 1. The van der Waals surface area contributed by atoms with Gasteiger partial charge in [0.2, 0.25) is 23.2 Å². The molecule has 5 aliphatic heterocycles. The monoisotopic (exact) mass is 1390 g/mol. The van der Waals surface area contributed by atoms with Gasteiger partial charge >= 0.3 is 17.8 Å². The Morgan fingerprint density at radius 1 is 0.901 bits per heavy atom. The third-order valence-electron chi connectivity index (χ3n) is 19.3. The van der Waals surface area contributed by atoms with Gasteiger partial charge in [0.05, 0.1) is 36.0 Å². The fourth-order valence-electron chi connectivity index (χ4n) is 13.4. The highest BCUT2D eigenvalue weighted by atomic mass is 16.7. The molecule has 7 N–H and O–H groups in total. The lowest BCUT2D eigenvalue weighted by Gasteiger charge is -2.37. The Bertz CT molecular complexity index is 4170. The second-order valence-corrected chi connectivity index (χ2v) is 27.1. The van der Waals surface area contributed by atoms with Gasteiger partial charge in [-0.05, 0) is 87.5 Å². The fraction of sp³-hybridized carbons (Fsp3) is 0.473. The number of rotatable bonds is 18. The lowest BCUT2D eigenvalue weighted by molar-refractivity contribution is -0.159. The van der Waals surface area contributed by atoms with Crippen LogP contribution in [0.2, 0.25) is 0 Å². The molecule has 1 fully saturated rings. The number of ketones is 1. The van der Waals surface area contributed by atoms with Gasteiger partial charge in [0, 0.05) is 124 Å². The number of phenols is 2. The maximum atomic E-state index is 15.1. The van der Waals surface area contributed by atoms with Gasteiger partial charge in [0.25, 0.3) is 23.5 Å². The Morgan fingerprint density at radius 2 is 1.59 bits per heavy atom. The largest absolute Gasteiger partial charge is 0.507 e. The van der Waals surface area contributed by atoms with E-state index in [1.165, 1.54) is 70.3 Å². The van der Waals surface area contributed by atoms with Crippen LogP contribution in [0.5, 0.6) is 17.2 Å². The van der Waals surface area contributed by atoms with Crippen LogP contribution in [0.3, 0.4) is 0 Å². The topological polar surface area (TPSA) is 361 Å². The minimum atomic E-state index is -2.13. The summed E-state index contributed by atoms with van der Waals surface area (Å²) in [6.45, 7) is 17.2. The number of imide groups is 1. The van der Waals surface area contributed by atoms with Crippen molar-refractivity contribution in [3.05, 3.63) is 112 Å². The second-order valence-electron chi connectivity index (χ2n) is 27.1. The molecule has 101 heavy (non-hydrogen) atoms. The Hall–Kier alpha value is -10.2. The molecule has 5 heterocycles. The van der Waals surface area contributed by atoms with Crippen LogP contribution in [0.1, 0.15) is 129 Å². The smallest absolute Gasteiger partial charge is 0.410 e. The van der Waals surface area contributed by atoms with E-state index in [4.69, 9.17) is 33.1 Å². The first-order valence-corrected chi connectivity index (χ1v) is 34.0. The number of hydrogen-bond donors (Lipinski definition) is 7. The molecule has 1 aliphatic carbocycles. The summed E-state index contributed by atoms with van der Waals surface area (Å²) in [6.07, 6.45) is 10.3. The lowest BCUT2D eigenvalue weighted by atomic mass is 9.79. The van der Waals surface area contributed by atoms with Gasteiger partial charge in [-0.3, -0.25) is 48.1 Å². The average molecular weight is 1400 g/mol. The van der Waals surface area contributed by atoms with E-state index in [9.17, 15) is 53.7 Å². The Kier molecular flexibility index (Phi) is 23.8. The number of carbonyl (C=O) groups is 9. The number of aromatic hydroxyl groups is 2. The number of hydrogen-bond acceptors (Lipinski definition) is 21. The third-order valence-corrected chi connectivity index (χ3v) is 19.3. The molecule has 0 radical (unpaired) electrons. The predicted molar refractivity (Wildman–Crippen MR) is 374 cm³/mol. The maximum Gasteiger partial charge on any atom is 0.410 e. The number of amides is 7. The number of Topliss-reactive ketones (excluding diaryl/α,β-unsaturated/α-hetero) is 1. The zero-order valence-electron chi connectivity index (χ0n) is 58.9. The van der Waals surface area contributed by atoms with E-state index in [0.29, 0.717) is 68.6 Å². The number of benzene rings is 4. The number of phenolic OH excluding ortho intramolecular Hbond substituents is 2. The van der Waals surface area contributed by atoms with E-state index in [1.807, 2.05) is 24.8 Å². The van der Waals surface area contributed by atoms with Crippen LogP contribution < -0.4 is 36.3 Å². The molecule has 9 rings (SSSR count). The van der Waals surface area contributed by atoms with Crippen molar-refractivity contribution in [3.63, 3.8) is 0 Å². The molecule has 0 aromatic heterocycles. The van der Waals surface area contributed by atoms with Crippen molar-refractivity contribution in [1.82, 2.24) is 25.4 Å². The standard InChI is InChI=1S/C74H90N8O19/c1-38(2)60(77-53(85)19-14-13-15-29-82-55(87)24-25-56(82)88)72(94)75-36-54(86)76-47-22-20-46(21-23-47)37-97-73(95)80(11)48-26-30-81(31-27-48)49-34-50(84)61-52(35-49)100-69-62(78-61)57-58-65(90)44(8)68-59(57)70(92)74(10,101-68)98-32-28-51(96-12)42(6)67(99-45(9)83)43(7)64(89)41(5)33-39(3)17-16-18-40(4)71(93)79-63(69)66(58)91/h16-18,20-25,28,32,34-35,38-39,41-43,48,51,60,64,67,84,89-90H,13-15,19,26-27,29-31,33,36-37H2,1-12H3,(H,75,94)(H,76,86)(H,77,85)(H,79,93)/b17-16+,32-28+,40-18-/t39-,41+,42+,43+,51-,60?,64+,67+,74-/m0/s1. The van der Waals surface area contributed by atoms with E-state index in [-0.39, 0.29) is 124 Å². The molecule has 27 nitrogen and oxygen atoms in total. The molecule has 3 aromatic rings. The number of anilines is 3. The molecular weight excluding hydrogens is 1300 g/mol. The highest BCUT2D eigenvalue weighted by Crippen LogP contribution is 2.51. The first kappa shape index (κ1) is 75.1. The van der Waals surface area contributed by atoms with E-state index < -0.39 is 99.8 Å². The summed E-state index contributed by atoms with van der Waals surface area (Å²) in [5.74, 6) is -9.51. The molecule has 1 unspecified atom stereocenters. The van der Waals surface area contributed by atoms with Crippen molar-refractivity contribution in [2.45, 2.75) is 157 Å². The number of aliphatic hydroxyl groups is 1. The van der Waals surface area contributed by atoms with Gasteiger partial charge in [-0.15, -0.1) is 0 Å². The summed E-state index contributed by atoms with van der Waals surface area (Å²) in [4.78, 5) is 142. The number of allylic oxidation sites excluding steroid dienone is 3. The van der Waals surface area contributed by atoms with Crippen molar-refractivity contribution in [2.75, 3.05) is 55.9 Å². The van der Waals surface area contributed by atoms with Gasteiger partial charge in [0.1, 0.15) is 52.9 Å². The molecule has 0 saturated carbocycles. The molecule has 27 heteroatoms. The number of nitrogens with zero attached hydrogens (tertiary/aromatic N) is 4. The predicted octanol–water partition coefficient (Wildman–Crippen LogP) is 8.60. The molecule has 4 bridgehead atoms. The van der Waals surface area contributed by atoms with Gasteiger partial charge in [-0.25, -0.2) is 9.78 Å². The average Bonchev–Trinajstić information content (AvgIpc) is 1.66. The summed E-state index contributed by atoms with van der Waals surface area (Å²) in [7, 11) is 3.09. The summed E-state index contributed by atoms with van der Waals surface area (Å²) >= 11 is 0. The molecule has 7 amide bonds. The maximum absolute atomic E-state index is 15.1. The summed E-state index contributed by atoms with van der Waals surface area (Å²) in [5.41, 5.74) is -0.161. The molecule has 6 aliphatic rings. The van der Waals surface area contributed by atoms with Gasteiger partial charge in [-0.2, -0.15) is 0 Å². The number of nitrogens with one attached hydrogen (secondary N) is 4. The van der Waals surface area contributed by atoms with Crippen LogP contribution in [0.4, 0.5) is 21.9 Å². The van der Waals surface area contributed by atoms with Crippen LogP contribution in [0.15, 0.2) is 93.9 Å².